The molecule has 0 aliphatic carbocycles. The Morgan fingerprint density at radius 2 is 1.21 bits per heavy atom. The molecule has 256 valence electrons. The summed E-state index contributed by atoms with van der Waals surface area (Å²) in [6.07, 6.45) is 3.56. The highest BCUT2D eigenvalue weighted by Gasteiger charge is 2.29. The Morgan fingerprint density at radius 1 is 0.729 bits per heavy atom. The largest absolute Gasteiger partial charge is 0.369 e. The van der Waals surface area contributed by atoms with Crippen LogP contribution in [-0.2, 0) is 34.4 Å². The van der Waals surface area contributed by atoms with Crippen molar-refractivity contribution in [3.8, 4) is 6.07 Å². The first-order valence-corrected chi connectivity index (χ1v) is 19.6. The normalized spacial score (nSPS) is 20.0. The SMILES string of the molecule is CCCNc1nc(N2CCN(c3ccc(C#N)cc3)CC2)nc2c1S(=O)CC2.CCCNc1nc(N2CCNCC2)nc2c1S(=O)CC2. The van der Waals surface area contributed by atoms with E-state index < -0.39 is 21.6 Å². The highest BCUT2D eigenvalue weighted by atomic mass is 32.2. The summed E-state index contributed by atoms with van der Waals surface area (Å²) < 4.78 is 24.4. The molecule has 4 aliphatic heterocycles. The van der Waals surface area contributed by atoms with E-state index in [0.29, 0.717) is 17.1 Å². The number of fused-ring (bicyclic) bond motifs is 2. The molecular weight excluding hydrogens is 647 g/mol. The fourth-order valence-corrected chi connectivity index (χ4v) is 8.81. The van der Waals surface area contributed by atoms with Crippen molar-refractivity contribution in [1.82, 2.24) is 25.3 Å². The van der Waals surface area contributed by atoms with Gasteiger partial charge in [0, 0.05) is 95.5 Å². The lowest BCUT2D eigenvalue weighted by molar-refractivity contribution is 0.578. The monoisotopic (exact) mass is 691 g/mol. The maximum Gasteiger partial charge on any atom is 0.227 e. The van der Waals surface area contributed by atoms with E-state index in [9.17, 15) is 8.42 Å². The smallest absolute Gasteiger partial charge is 0.227 e. The third kappa shape index (κ3) is 7.71. The van der Waals surface area contributed by atoms with E-state index in [0.717, 1.165) is 142 Å². The van der Waals surface area contributed by atoms with Crippen molar-refractivity contribution in [2.24, 2.45) is 0 Å². The number of nitrogens with one attached hydrogen (secondary N) is 3. The summed E-state index contributed by atoms with van der Waals surface area (Å²) in [5.74, 6) is 4.35. The minimum absolute atomic E-state index is 0.640. The van der Waals surface area contributed by atoms with Crippen LogP contribution in [0.1, 0.15) is 43.6 Å². The number of nitriles is 1. The molecule has 0 amide bonds. The lowest BCUT2D eigenvalue weighted by atomic mass is 10.2. The zero-order valence-corrected chi connectivity index (χ0v) is 29.5. The van der Waals surface area contributed by atoms with Gasteiger partial charge in [0.15, 0.2) is 0 Å². The van der Waals surface area contributed by atoms with Gasteiger partial charge in [0.05, 0.1) is 44.6 Å². The van der Waals surface area contributed by atoms with Crippen LogP contribution in [0, 0.1) is 11.3 Å². The summed E-state index contributed by atoms with van der Waals surface area (Å²) in [5.41, 5.74) is 3.70. The first kappa shape index (κ1) is 34.0. The Hall–Kier alpha value is -3.87. The zero-order chi connectivity index (χ0) is 33.5. The molecule has 13 nitrogen and oxygen atoms in total. The van der Waals surface area contributed by atoms with Gasteiger partial charge in [-0.05, 0) is 37.1 Å². The molecule has 48 heavy (non-hydrogen) atoms. The number of piperazine rings is 2. The molecule has 0 saturated carbocycles. The van der Waals surface area contributed by atoms with Crippen molar-refractivity contribution in [1.29, 1.82) is 5.26 Å². The summed E-state index contributed by atoms with van der Waals surface area (Å²) in [6.45, 7) is 13.1. The number of aromatic nitrogens is 4. The Balaban J connectivity index is 0.000000177. The second kappa shape index (κ2) is 16.0. The van der Waals surface area contributed by atoms with Crippen molar-refractivity contribution < 1.29 is 8.42 Å². The van der Waals surface area contributed by atoms with E-state index in [4.69, 9.17) is 15.2 Å². The second-order valence-electron chi connectivity index (χ2n) is 12.1. The molecule has 4 aliphatic rings. The van der Waals surface area contributed by atoms with Crippen LogP contribution in [0.2, 0.25) is 0 Å². The Bertz CT molecular complexity index is 1670. The number of aryl methyl sites for hydroxylation is 2. The summed E-state index contributed by atoms with van der Waals surface area (Å²) in [5, 5.41) is 18.9. The van der Waals surface area contributed by atoms with Crippen molar-refractivity contribution >= 4 is 50.8 Å². The number of rotatable bonds is 9. The van der Waals surface area contributed by atoms with Gasteiger partial charge in [-0.3, -0.25) is 8.42 Å². The number of hydrogen-bond acceptors (Lipinski definition) is 13. The van der Waals surface area contributed by atoms with E-state index in [1.54, 1.807) is 0 Å². The van der Waals surface area contributed by atoms with Crippen molar-refractivity contribution in [3.63, 3.8) is 0 Å². The number of nitrogens with zero attached hydrogens (tertiary/aromatic N) is 8. The minimum atomic E-state index is -0.997. The van der Waals surface area contributed by atoms with Gasteiger partial charge in [-0.25, -0.2) is 9.97 Å². The maximum atomic E-state index is 12.3. The van der Waals surface area contributed by atoms with E-state index in [2.05, 4.69) is 60.5 Å². The van der Waals surface area contributed by atoms with Crippen LogP contribution in [0.5, 0.6) is 0 Å². The topological polar surface area (TPSA) is 155 Å². The molecule has 6 heterocycles. The van der Waals surface area contributed by atoms with Crippen LogP contribution in [0.3, 0.4) is 0 Å². The quantitative estimate of drug-likeness (QED) is 0.301. The predicted molar refractivity (Wildman–Crippen MR) is 192 cm³/mol. The molecule has 2 fully saturated rings. The number of hydrogen-bond donors (Lipinski definition) is 3. The molecule has 3 aromatic rings. The van der Waals surface area contributed by atoms with Crippen LogP contribution in [0.4, 0.5) is 29.2 Å². The maximum absolute atomic E-state index is 12.3. The number of anilines is 5. The summed E-state index contributed by atoms with van der Waals surface area (Å²) in [7, 11) is -1.94. The lowest BCUT2D eigenvalue weighted by Gasteiger charge is -2.36. The summed E-state index contributed by atoms with van der Waals surface area (Å²) >= 11 is 0. The molecule has 15 heteroatoms. The molecule has 2 unspecified atom stereocenters. The minimum Gasteiger partial charge on any atom is -0.369 e. The van der Waals surface area contributed by atoms with Crippen molar-refractivity contribution in [2.45, 2.75) is 49.3 Å². The summed E-state index contributed by atoms with van der Waals surface area (Å²) in [6, 6.07) is 9.88. The van der Waals surface area contributed by atoms with Crippen LogP contribution in [-0.4, -0.2) is 105 Å². The number of benzene rings is 1. The van der Waals surface area contributed by atoms with E-state index in [1.165, 1.54) is 0 Å². The molecule has 2 saturated heterocycles. The lowest BCUT2D eigenvalue weighted by Crippen LogP contribution is -2.47. The van der Waals surface area contributed by atoms with Gasteiger partial charge < -0.3 is 30.7 Å². The van der Waals surface area contributed by atoms with Gasteiger partial charge in [0.2, 0.25) is 11.9 Å². The zero-order valence-electron chi connectivity index (χ0n) is 27.8. The molecular formula is C33H45N11O2S2. The third-order valence-corrected chi connectivity index (χ3v) is 11.7. The molecule has 3 N–H and O–H groups in total. The molecule has 0 spiro atoms. The molecule has 0 radical (unpaired) electrons. The standard InChI is InChI=1S/C20H24N6OS.C13H21N5OS/c1-2-8-22-19-18-17(7-13-28(18)27)23-20(24-19)26-11-9-25(10-12-26)16-5-3-15(14-21)4-6-16;1-2-4-15-12-11-10(3-9-20(11)19)16-13(17-12)18-7-5-14-6-8-18/h3-6H,2,7-13H2,1H3,(H,22,23,24);14H,2-9H2,1H3,(H,15,16,17). The van der Waals surface area contributed by atoms with Gasteiger partial charge in [-0.15, -0.1) is 0 Å². The van der Waals surface area contributed by atoms with Crippen LogP contribution in [0.25, 0.3) is 0 Å². The Kier molecular flexibility index (Phi) is 11.3. The summed E-state index contributed by atoms with van der Waals surface area (Å²) in [4.78, 5) is 27.1. The Labute approximate surface area is 287 Å². The van der Waals surface area contributed by atoms with Crippen molar-refractivity contribution in [3.05, 3.63) is 41.2 Å². The molecule has 0 bridgehead atoms. The van der Waals surface area contributed by atoms with Gasteiger partial charge in [-0.2, -0.15) is 15.2 Å². The van der Waals surface area contributed by atoms with Crippen LogP contribution >= 0.6 is 0 Å². The van der Waals surface area contributed by atoms with Gasteiger partial charge in [0.25, 0.3) is 0 Å². The molecule has 2 aromatic heterocycles. The fourth-order valence-electron chi connectivity index (χ4n) is 6.15. The van der Waals surface area contributed by atoms with Crippen LogP contribution in [0.15, 0.2) is 34.1 Å². The first-order chi connectivity index (χ1) is 23.5. The molecule has 2 atom stereocenters. The van der Waals surface area contributed by atoms with Gasteiger partial charge in [0.1, 0.15) is 21.4 Å². The second-order valence-corrected chi connectivity index (χ2v) is 15.1. The first-order valence-electron chi connectivity index (χ1n) is 17.0. The average Bonchev–Trinajstić information content (AvgIpc) is 3.72. The Morgan fingerprint density at radius 3 is 1.69 bits per heavy atom. The highest BCUT2D eigenvalue weighted by molar-refractivity contribution is 7.85. The third-order valence-electron chi connectivity index (χ3n) is 8.76. The van der Waals surface area contributed by atoms with E-state index in [-0.39, 0.29) is 0 Å². The van der Waals surface area contributed by atoms with E-state index in [1.807, 2.05) is 24.3 Å². The average molecular weight is 692 g/mol. The molecule has 7 rings (SSSR count). The van der Waals surface area contributed by atoms with Gasteiger partial charge in [-0.1, -0.05) is 13.8 Å². The van der Waals surface area contributed by atoms with E-state index >= 15 is 0 Å². The predicted octanol–water partition coefficient (Wildman–Crippen LogP) is 2.53. The van der Waals surface area contributed by atoms with Crippen molar-refractivity contribution in [2.75, 3.05) is 102 Å². The molecule has 1 aromatic carbocycles. The van der Waals surface area contributed by atoms with Crippen LogP contribution < -0.4 is 30.7 Å². The highest BCUT2D eigenvalue weighted by Crippen LogP contribution is 2.31. The van der Waals surface area contributed by atoms with Gasteiger partial charge >= 0.3 is 0 Å². The fraction of sp³-hybridized carbons (Fsp3) is 0.545.